The monoisotopic (exact) mass is 329 g/mol. The minimum Gasteiger partial charge on any atom is -0.492 e. The molecule has 0 spiro atoms. The summed E-state index contributed by atoms with van der Waals surface area (Å²) in [6.45, 7) is 4.71. The zero-order chi connectivity index (χ0) is 17.5. The van der Waals surface area contributed by atoms with Crippen LogP contribution in [0.5, 0.6) is 5.75 Å². The van der Waals surface area contributed by atoms with E-state index in [0.29, 0.717) is 30.3 Å². The second kappa shape index (κ2) is 7.96. The van der Waals surface area contributed by atoms with Crippen LogP contribution >= 0.6 is 0 Å². The van der Waals surface area contributed by atoms with Crippen molar-refractivity contribution in [3.05, 3.63) is 58.1 Å². The number of benzene rings is 2. The van der Waals surface area contributed by atoms with Crippen LogP contribution in [-0.4, -0.2) is 24.0 Å². The third kappa shape index (κ3) is 4.01. The Morgan fingerprint density at radius 3 is 2.58 bits per heavy atom. The topological polar surface area (TPSA) is 93.5 Å². The molecule has 0 atom stereocenters. The molecule has 0 radical (unpaired) electrons. The van der Waals surface area contributed by atoms with E-state index < -0.39 is 10.8 Å². The highest BCUT2D eigenvalue weighted by Gasteiger charge is 2.18. The molecule has 2 N–H and O–H groups in total. The molecule has 7 nitrogen and oxygen atoms in total. The maximum atomic E-state index is 12.4. The molecule has 0 aliphatic rings. The lowest BCUT2D eigenvalue weighted by molar-refractivity contribution is -0.384. The van der Waals surface area contributed by atoms with E-state index in [9.17, 15) is 14.9 Å². The van der Waals surface area contributed by atoms with Crippen molar-refractivity contribution in [1.29, 1.82) is 0 Å². The van der Waals surface area contributed by atoms with Gasteiger partial charge in [0.05, 0.1) is 17.2 Å². The van der Waals surface area contributed by atoms with Gasteiger partial charge in [-0.05, 0) is 38.1 Å². The van der Waals surface area contributed by atoms with E-state index in [1.807, 2.05) is 13.8 Å². The van der Waals surface area contributed by atoms with Gasteiger partial charge in [-0.2, -0.15) is 0 Å². The van der Waals surface area contributed by atoms with Crippen molar-refractivity contribution < 1.29 is 14.5 Å². The summed E-state index contributed by atoms with van der Waals surface area (Å²) in [5.74, 6) is 0.112. The molecule has 0 bridgehead atoms. The molecular weight excluding hydrogens is 310 g/mol. The Hall–Kier alpha value is -3.09. The highest BCUT2D eigenvalue weighted by Crippen LogP contribution is 2.27. The van der Waals surface area contributed by atoms with Crippen LogP contribution in [0.1, 0.15) is 24.2 Å². The van der Waals surface area contributed by atoms with Crippen LogP contribution in [0.3, 0.4) is 0 Å². The summed E-state index contributed by atoms with van der Waals surface area (Å²) >= 11 is 0. The van der Waals surface area contributed by atoms with Gasteiger partial charge in [0.2, 0.25) is 0 Å². The van der Waals surface area contributed by atoms with Gasteiger partial charge in [0, 0.05) is 18.2 Å². The number of hydrogen-bond donors (Lipinski definition) is 2. The fraction of sp³-hybridized carbons (Fsp3) is 0.235. The molecule has 0 aliphatic carbocycles. The van der Waals surface area contributed by atoms with Crippen LogP contribution in [0.4, 0.5) is 17.1 Å². The molecule has 0 heterocycles. The number of para-hydroxylation sites is 2. The second-order valence-electron chi connectivity index (χ2n) is 4.90. The van der Waals surface area contributed by atoms with Gasteiger partial charge in [-0.25, -0.2) is 0 Å². The van der Waals surface area contributed by atoms with Crippen molar-refractivity contribution >= 4 is 23.0 Å². The number of hydrogen-bond acceptors (Lipinski definition) is 5. The van der Waals surface area contributed by atoms with Crippen molar-refractivity contribution in [2.24, 2.45) is 0 Å². The number of rotatable bonds is 7. The average molecular weight is 329 g/mol. The van der Waals surface area contributed by atoms with Gasteiger partial charge in [0.1, 0.15) is 11.4 Å². The summed E-state index contributed by atoms with van der Waals surface area (Å²) < 4.78 is 5.45. The third-order valence-electron chi connectivity index (χ3n) is 3.26. The van der Waals surface area contributed by atoms with E-state index in [0.717, 1.165) is 0 Å². The summed E-state index contributed by atoms with van der Waals surface area (Å²) in [6.07, 6.45) is 0. The predicted octanol–water partition coefficient (Wildman–Crippen LogP) is 3.68. The second-order valence-corrected chi connectivity index (χ2v) is 4.90. The summed E-state index contributed by atoms with van der Waals surface area (Å²) in [5.41, 5.74) is 0.966. The van der Waals surface area contributed by atoms with Crippen LogP contribution in [0.2, 0.25) is 0 Å². The van der Waals surface area contributed by atoms with E-state index in [1.165, 1.54) is 12.1 Å². The SMILES string of the molecule is CCNc1ccc(C(=O)Nc2ccccc2OCC)cc1[N+](=O)[O-]. The third-order valence-corrected chi connectivity index (χ3v) is 3.26. The molecule has 0 aliphatic heterocycles. The number of nitro groups is 1. The van der Waals surface area contributed by atoms with E-state index >= 15 is 0 Å². The van der Waals surface area contributed by atoms with E-state index in [-0.39, 0.29) is 11.3 Å². The molecule has 0 unspecified atom stereocenters. The Labute approximate surface area is 139 Å². The van der Waals surface area contributed by atoms with Crippen molar-refractivity contribution in [2.45, 2.75) is 13.8 Å². The zero-order valence-electron chi connectivity index (χ0n) is 13.5. The normalized spacial score (nSPS) is 10.1. The van der Waals surface area contributed by atoms with Crippen LogP contribution in [-0.2, 0) is 0 Å². The van der Waals surface area contributed by atoms with Gasteiger partial charge in [0.25, 0.3) is 11.6 Å². The molecule has 0 saturated carbocycles. The number of ether oxygens (including phenoxy) is 1. The number of anilines is 2. The highest BCUT2D eigenvalue weighted by molar-refractivity contribution is 6.05. The van der Waals surface area contributed by atoms with Crippen LogP contribution in [0.25, 0.3) is 0 Å². The lowest BCUT2D eigenvalue weighted by atomic mass is 10.1. The summed E-state index contributed by atoms with van der Waals surface area (Å²) in [4.78, 5) is 23.1. The average Bonchev–Trinajstić information content (AvgIpc) is 2.57. The first kappa shape index (κ1) is 17.3. The molecular formula is C17H19N3O4. The lowest BCUT2D eigenvalue weighted by Gasteiger charge is -2.12. The Morgan fingerprint density at radius 2 is 1.92 bits per heavy atom. The Balaban J connectivity index is 2.27. The smallest absolute Gasteiger partial charge is 0.293 e. The molecule has 2 aromatic rings. The van der Waals surface area contributed by atoms with Gasteiger partial charge in [-0.15, -0.1) is 0 Å². The van der Waals surface area contributed by atoms with Crippen molar-refractivity contribution in [3.8, 4) is 5.75 Å². The van der Waals surface area contributed by atoms with Crippen LogP contribution in [0, 0.1) is 10.1 Å². The van der Waals surface area contributed by atoms with E-state index in [4.69, 9.17) is 4.74 Å². The van der Waals surface area contributed by atoms with Gasteiger partial charge < -0.3 is 15.4 Å². The standard InChI is InChI=1S/C17H19N3O4/c1-3-18-13-10-9-12(11-15(13)20(22)23)17(21)19-14-7-5-6-8-16(14)24-4-2/h5-11,18H,3-4H2,1-2H3,(H,19,21). The molecule has 0 aromatic heterocycles. The first-order valence-electron chi connectivity index (χ1n) is 7.62. The predicted molar refractivity (Wildman–Crippen MR) is 92.8 cm³/mol. The molecule has 0 fully saturated rings. The van der Waals surface area contributed by atoms with Gasteiger partial charge in [0.15, 0.2) is 0 Å². The lowest BCUT2D eigenvalue weighted by Crippen LogP contribution is -2.13. The summed E-state index contributed by atoms with van der Waals surface area (Å²) in [5, 5.41) is 16.8. The number of amides is 1. The Kier molecular flexibility index (Phi) is 5.73. The fourth-order valence-electron chi connectivity index (χ4n) is 2.21. The molecule has 24 heavy (non-hydrogen) atoms. The van der Waals surface area contributed by atoms with E-state index in [1.54, 1.807) is 30.3 Å². The molecule has 1 amide bonds. The number of nitrogens with one attached hydrogen (secondary N) is 2. The summed E-state index contributed by atoms with van der Waals surface area (Å²) in [6, 6.07) is 11.4. The fourth-order valence-corrected chi connectivity index (χ4v) is 2.21. The highest BCUT2D eigenvalue weighted by atomic mass is 16.6. The molecule has 0 saturated heterocycles. The Morgan fingerprint density at radius 1 is 1.17 bits per heavy atom. The van der Waals surface area contributed by atoms with Crippen LogP contribution in [0.15, 0.2) is 42.5 Å². The van der Waals surface area contributed by atoms with Gasteiger partial charge in [-0.3, -0.25) is 14.9 Å². The van der Waals surface area contributed by atoms with Gasteiger partial charge in [-0.1, -0.05) is 12.1 Å². The van der Waals surface area contributed by atoms with Crippen LogP contribution < -0.4 is 15.4 Å². The molecule has 2 aromatic carbocycles. The molecule has 126 valence electrons. The number of carbonyl (C=O) groups is 1. The van der Waals surface area contributed by atoms with Crippen molar-refractivity contribution in [3.63, 3.8) is 0 Å². The first-order chi connectivity index (χ1) is 11.6. The van der Waals surface area contributed by atoms with Crippen molar-refractivity contribution in [2.75, 3.05) is 23.8 Å². The number of nitro benzene ring substituents is 1. The minimum atomic E-state index is -0.511. The first-order valence-corrected chi connectivity index (χ1v) is 7.62. The summed E-state index contributed by atoms with van der Waals surface area (Å²) in [7, 11) is 0. The number of nitrogens with zero attached hydrogens (tertiary/aromatic N) is 1. The van der Waals surface area contributed by atoms with Crippen molar-refractivity contribution in [1.82, 2.24) is 0 Å². The van der Waals surface area contributed by atoms with Gasteiger partial charge >= 0.3 is 0 Å². The quantitative estimate of drug-likeness (QED) is 0.597. The zero-order valence-corrected chi connectivity index (χ0v) is 13.5. The van der Waals surface area contributed by atoms with E-state index in [2.05, 4.69) is 10.6 Å². The Bertz CT molecular complexity index is 746. The maximum absolute atomic E-state index is 12.4. The maximum Gasteiger partial charge on any atom is 0.293 e. The number of carbonyl (C=O) groups excluding carboxylic acids is 1. The molecule has 7 heteroatoms. The minimum absolute atomic E-state index is 0.136. The largest absolute Gasteiger partial charge is 0.492 e. The molecule has 2 rings (SSSR count).